The van der Waals surface area contributed by atoms with E-state index in [0.717, 1.165) is 17.4 Å². The third-order valence-corrected chi connectivity index (χ3v) is 7.39. The molecule has 0 unspecified atom stereocenters. The van der Waals surface area contributed by atoms with Crippen LogP contribution in [0.3, 0.4) is 0 Å². The molecule has 11 nitrogen and oxygen atoms in total. The van der Waals surface area contributed by atoms with Crippen LogP contribution in [0, 0.1) is 10.8 Å². The Kier molecular flexibility index (Phi) is 14.5. The zero-order valence-corrected chi connectivity index (χ0v) is 28.5. The molecule has 12 heteroatoms. The van der Waals surface area contributed by atoms with Gasteiger partial charge in [-0.15, -0.1) is 0 Å². The Balaban J connectivity index is 0.000000322. The van der Waals surface area contributed by atoms with E-state index >= 15 is 0 Å². The highest BCUT2D eigenvalue weighted by molar-refractivity contribution is 7.85. The van der Waals surface area contributed by atoms with Crippen molar-refractivity contribution >= 4 is 22.3 Å². The molecule has 0 aliphatic heterocycles. The molecule has 1 heterocycles. The summed E-state index contributed by atoms with van der Waals surface area (Å²) in [7, 11) is -3.56. The molecule has 0 bridgehead atoms. The lowest BCUT2D eigenvalue weighted by Crippen LogP contribution is -2.47. The zero-order chi connectivity index (χ0) is 34.4. The normalized spacial score (nSPS) is 12.9. The number of hydrogen-bond acceptors (Lipinski definition) is 8. The summed E-state index contributed by atoms with van der Waals surface area (Å²) in [6.45, 7) is 12.3. The molecule has 0 fully saturated rings. The Hall–Kier alpha value is -4.16. The van der Waals surface area contributed by atoms with Gasteiger partial charge < -0.3 is 24.7 Å². The third kappa shape index (κ3) is 15.2. The summed E-state index contributed by atoms with van der Waals surface area (Å²) < 4.78 is 39.0. The Labute approximate surface area is 272 Å². The molecule has 0 saturated heterocycles. The van der Waals surface area contributed by atoms with Crippen LogP contribution in [-0.2, 0) is 43.5 Å². The number of aromatic nitrogens is 1. The number of pyridine rings is 1. The Bertz CT molecular complexity index is 1530. The molecule has 0 spiro atoms. The second kappa shape index (κ2) is 17.5. The fourth-order valence-electron chi connectivity index (χ4n) is 3.86. The first-order valence-corrected chi connectivity index (χ1v) is 16.7. The van der Waals surface area contributed by atoms with Gasteiger partial charge in [-0.2, -0.15) is 8.42 Å². The predicted molar refractivity (Wildman–Crippen MR) is 178 cm³/mol. The highest BCUT2D eigenvalue weighted by Crippen LogP contribution is 2.21. The van der Waals surface area contributed by atoms with Crippen LogP contribution in [0.5, 0.6) is 0 Å². The molecule has 2 amide bonds. The first-order chi connectivity index (χ1) is 21.4. The smallest absolute Gasteiger partial charge is 0.407 e. The molecular formula is C34H47N3O8S. The van der Waals surface area contributed by atoms with E-state index in [1.807, 2.05) is 102 Å². The summed E-state index contributed by atoms with van der Waals surface area (Å²) in [5.41, 5.74) is 1.11. The van der Waals surface area contributed by atoms with Crippen molar-refractivity contribution in [1.82, 2.24) is 15.2 Å². The molecule has 0 saturated carbocycles. The minimum atomic E-state index is -3.56. The van der Waals surface area contributed by atoms with Gasteiger partial charge in [-0.3, -0.25) is 8.98 Å². The van der Waals surface area contributed by atoms with Crippen molar-refractivity contribution in [3.05, 3.63) is 107 Å². The summed E-state index contributed by atoms with van der Waals surface area (Å²) in [6, 6.07) is 23.1. The number of amides is 2. The minimum Gasteiger partial charge on any atom is -0.445 e. The Morgan fingerprint density at radius 2 is 1.15 bits per heavy atom. The van der Waals surface area contributed by atoms with Gasteiger partial charge in [0.2, 0.25) is 0 Å². The van der Waals surface area contributed by atoms with Gasteiger partial charge in [-0.25, -0.2) is 9.59 Å². The van der Waals surface area contributed by atoms with E-state index in [0.29, 0.717) is 6.54 Å². The van der Waals surface area contributed by atoms with E-state index in [1.54, 1.807) is 22.9 Å². The molecule has 2 N–H and O–H groups in total. The van der Waals surface area contributed by atoms with Gasteiger partial charge in [0.25, 0.3) is 15.7 Å². The fourth-order valence-corrected chi connectivity index (χ4v) is 4.24. The first kappa shape index (κ1) is 38.0. The topological polar surface area (TPSA) is 142 Å². The molecule has 0 radical (unpaired) electrons. The lowest BCUT2D eigenvalue weighted by Gasteiger charge is -2.31. The summed E-state index contributed by atoms with van der Waals surface area (Å²) in [5, 5.41) is 5.53. The predicted octanol–water partition coefficient (Wildman–Crippen LogP) is 5.49. The molecule has 0 aliphatic carbocycles. The van der Waals surface area contributed by atoms with E-state index in [2.05, 4.69) is 10.6 Å². The van der Waals surface area contributed by atoms with Gasteiger partial charge in [-0.1, -0.05) is 108 Å². The maximum Gasteiger partial charge on any atom is 0.407 e. The SMILES string of the molecule is CC(C)(C)[C@@H](COS(C)(=O)=O)NC(=O)OCc1ccccc1.CC(C)(C)[C@@H](Cn1ccccc1=O)NC(=O)OCc1ccccc1. The fraction of sp³-hybridized carbons (Fsp3) is 0.441. The maximum absolute atomic E-state index is 12.1. The summed E-state index contributed by atoms with van der Waals surface area (Å²) >= 11 is 0. The molecule has 252 valence electrons. The van der Waals surface area contributed by atoms with Gasteiger partial charge >= 0.3 is 12.2 Å². The van der Waals surface area contributed by atoms with Crippen LogP contribution in [0.1, 0.15) is 52.7 Å². The number of benzene rings is 2. The van der Waals surface area contributed by atoms with Crippen molar-refractivity contribution < 1.29 is 31.7 Å². The molecule has 2 aromatic carbocycles. The van der Waals surface area contributed by atoms with Crippen LogP contribution in [0.2, 0.25) is 0 Å². The summed E-state index contributed by atoms with van der Waals surface area (Å²) in [5.74, 6) is 0. The number of hydrogen-bond donors (Lipinski definition) is 2. The van der Waals surface area contributed by atoms with Gasteiger partial charge in [-0.05, 0) is 28.0 Å². The molecule has 3 aromatic rings. The lowest BCUT2D eigenvalue weighted by molar-refractivity contribution is 0.114. The van der Waals surface area contributed by atoms with Crippen molar-refractivity contribution in [2.75, 3.05) is 12.9 Å². The molecule has 3 rings (SSSR count). The van der Waals surface area contributed by atoms with Gasteiger partial charge in [0, 0.05) is 18.8 Å². The molecule has 0 aliphatic rings. The van der Waals surface area contributed by atoms with Gasteiger partial charge in [0.1, 0.15) is 13.2 Å². The second-order valence-corrected chi connectivity index (χ2v) is 14.6. The first-order valence-electron chi connectivity index (χ1n) is 14.9. The third-order valence-electron chi connectivity index (χ3n) is 6.83. The summed E-state index contributed by atoms with van der Waals surface area (Å²) in [6.07, 6.45) is 1.60. The number of carbonyl (C=O) groups excluding carboxylic acids is 2. The van der Waals surface area contributed by atoms with E-state index in [-0.39, 0.29) is 42.3 Å². The van der Waals surface area contributed by atoms with Crippen LogP contribution in [0.15, 0.2) is 89.9 Å². The van der Waals surface area contributed by atoms with Gasteiger partial charge in [0.05, 0.1) is 24.9 Å². The van der Waals surface area contributed by atoms with Crippen LogP contribution >= 0.6 is 0 Å². The van der Waals surface area contributed by atoms with Crippen LogP contribution in [-0.4, -0.2) is 50.1 Å². The number of nitrogens with zero attached hydrogens (tertiary/aromatic N) is 1. The standard InChI is InChI=1S/C19H24N2O3.C15H23NO5S/c1-19(2,3)16(13-21-12-8-7-11-17(21)22)20-18(23)24-14-15-9-5-4-6-10-15;1-15(2,3)13(11-21-22(4,18)19)16-14(17)20-10-12-8-6-5-7-9-12/h4-12,16H,13-14H2,1-3H3,(H,20,23);5-9,13H,10-11H2,1-4H3,(H,16,17)/t16-;13-/m11/s1. The highest BCUT2D eigenvalue weighted by atomic mass is 32.2. The number of alkyl carbamates (subject to hydrolysis) is 2. The van der Waals surface area contributed by atoms with E-state index in [1.165, 1.54) is 6.07 Å². The Morgan fingerprint density at radius 3 is 1.57 bits per heavy atom. The molecule has 2 atom stereocenters. The average Bonchev–Trinajstić information content (AvgIpc) is 2.98. The maximum atomic E-state index is 12.1. The lowest BCUT2D eigenvalue weighted by atomic mass is 9.86. The number of nitrogens with one attached hydrogen (secondary N) is 2. The molecule has 1 aromatic heterocycles. The van der Waals surface area contributed by atoms with Gasteiger partial charge in [0.15, 0.2) is 0 Å². The average molecular weight is 658 g/mol. The second-order valence-electron chi connectivity index (χ2n) is 12.9. The van der Waals surface area contributed by atoms with Crippen molar-refractivity contribution in [1.29, 1.82) is 0 Å². The monoisotopic (exact) mass is 657 g/mol. The molecular weight excluding hydrogens is 610 g/mol. The van der Waals surface area contributed by atoms with Crippen molar-refractivity contribution in [2.24, 2.45) is 10.8 Å². The van der Waals surface area contributed by atoms with E-state index in [9.17, 15) is 22.8 Å². The minimum absolute atomic E-state index is 0.0915. The van der Waals surface area contributed by atoms with E-state index in [4.69, 9.17) is 13.7 Å². The largest absolute Gasteiger partial charge is 0.445 e. The van der Waals surface area contributed by atoms with Crippen LogP contribution in [0.25, 0.3) is 0 Å². The van der Waals surface area contributed by atoms with Crippen molar-refractivity contribution in [3.8, 4) is 0 Å². The number of rotatable bonds is 11. The van der Waals surface area contributed by atoms with E-state index < -0.39 is 28.3 Å². The van der Waals surface area contributed by atoms with Crippen molar-refractivity contribution in [2.45, 2.75) is 73.4 Å². The molecule has 46 heavy (non-hydrogen) atoms. The number of carbonyl (C=O) groups is 2. The van der Waals surface area contributed by atoms with Crippen molar-refractivity contribution in [3.63, 3.8) is 0 Å². The highest BCUT2D eigenvalue weighted by Gasteiger charge is 2.29. The number of ether oxygens (including phenoxy) is 2. The Morgan fingerprint density at radius 1 is 0.717 bits per heavy atom. The quantitative estimate of drug-likeness (QED) is 0.258. The summed E-state index contributed by atoms with van der Waals surface area (Å²) in [4.78, 5) is 35.9. The van der Waals surface area contributed by atoms with Crippen LogP contribution in [0.4, 0.5) is 9.59 Å². The van der Waals surface area contributed by atoms with Crippen LogP contribution < -0.4 is 16.2 Å². The zero-order valence-electron chi connectivity index (χ0n) is 27.7.